The lowest BCUT2D eigenvalue weighted by atomic mass is 9.99. The number of benzene rings is 1. The lowest BCUT2D eigenvalue weighted by Crippen LogP contribution is -2.52. The highest BCUT2D eigenvalue weighted by Gasteiger charge is 2.29. The van der Waals surface area contributed by atoms with E-state index in [0.29, 0.717) is 19.5 Å². The van der Waals surface area contributed by atoms with Gasteiger partial charge in [-0.2, -0.15) is 5.26 Å². The molecule has 1 fully saturated rings. The first-order chi connectivity index (χ1) is 9.61. The summed E-state index contributed by atoms with van der Waals surface area (Å²) in [7, 11) is 1.72. The van der Waals surface area contributed by atoms with Crippen LogP contribution in [0.4, 0.5) is 0 Å². The molecule has 5 heteroatoms. The smallest absolute Gasteiger partial charge is 0.241 e. The second-order valence-corrected chi connectivity index (χ2v) is 4.95. The second-order valence-electron chi connectivity index (χ2n) is 4.95. The minimum Gasteiger partial charge on any atom is -0.342 e. The van der Waals surface area contributed by atoms with Gasteiger partial charge in [-0.3, -0.25) is 9.59 Å². The number of hydrogen-bond acceptors (Lipinski definition) is 3. The fourth-order valence-corrected chi connectivity index (χ4v) is 2.20. The van der Waals surface area contributed by atoms with Crippen molar-refractivity contribution in [1.82, 2.24) is 9.80 Å². The summed E-state index contributed by atoms with van der Waals surface area (Å²) in [5.74, 6) is -1.06. The lowest BCUT2D eigenvalue weighted by molar-refractivity contribution is -0.145. The molecule has 0 N–H and O–H groups in total. The van der Waals surface area contributed by atoms with Crippen LogP contribution in [0.15, 0.2) is 30.3 Å². The molecule has 1 heterocycles. The van der Waals surface area contributed by atoms with Crippen LogP contribution >= 0.6 is 0 Å². The number of nitrogens with zero attached hydrogens (tertiary/aromatic N) is 3. The Morgan fingerprint density at radius 3 is 2.65 bits per heavy atom. The van der Waals surface area contributed by atoms with Crippen molar-refractivity contribution in [3.63, 3.8) is 0 Å². The maximum atomic E-state index is 12.3. The number of carbonyl (C=O) groups is 2. The van der Waals surface area contributed by atoms with Gasteiger partial charge in [0.15, 0.2) is 0 Å². The van der Waals surface area contributed by atoms with Crippen LogP contribution in [0.1, 0.15) is 5.56 Å². The molecule has 1 unspecified atom stereocenters. The van der Waals surface area contributed by atoms with Crippen molar-refractivity contribution in [2.75, 3.05) is 26.7 Å². The number of nitriles is 1. The van der Waals surface area contributed by atoms with E-state index >= 15 is 0 Å². The Balaban J connectivity index is 2.03. The zero-order valence-electron chi connectivity index (χ0n) is 11.5. The summed E-state index contributed by atoms with van der Waals surface area (Å²) in [4.78, 5) is 27.0. The first-order valence-electron chi connectivity index (χ1n) is 6.58. The summed E-state index contributed by atoms with van der Waals surface area (Å²) < 4.78 is 0. The third kappa shape index (κ3) is 3.15. The summed E-state index contributed by atoms with van der Waals surface area (Å²) in [6, 6.07) is 11.5. The van der Waals surface area contributed by atoms with E-state index in [4.69, 9.17) is 0 Å². The van der Waals surface area contributed by atoms with E-state index in [-0.39, 0.29) is 18.4 Å². The predicted octanol–water partition coefficient (Wildman–Crippen LogP) is 0.669. The quantitative estimate of drug-likeness (QED) is 0.811. The van der Waals surface area contributed by atoms with Gasteiger partial charge in [0, 0.05) is 20.1 Å². The largest absolute Gasteiger partial charge is 0.342 e. The SMILES string of the molecule is CN1CCN(C(=O)C(C#N)Cc2ccccc2)CC1=O. The van der Waals surface area contributed by atoms with Crippen molar-refractivity contribution in [2.45, 2.75) is 6.42 Å². The van der Waals surface area contributed by atoms with Crippen molar-refractivity contribution < 1.29 is 9.59 Å². The molecule has 0 bridgehead atoms. The topological polar surface area (TPSA) is 64.4 Å². The molecule has 0 spiro atoms. The van der Waals surface area contributed by atoms with Crippen LogP contribution in [0.2, 0.25) is 0 Å². The predicted molar refractivity (Wildman–Crippen MR) is 73.5 cm³/mol. The fraction of sp³-hybridized carbons (Fsp3) is 0.400. The van der Waals surface area contributed by atoms with E-state index < -0.39 is 5.92 Å². The molecule has 2 rings (SSSR count). The zero-order valence-corrected chi connectivity index (χ0v) is 11.5. The molecule has 1 aromatic carbocycles. The van der Waals surface area contributed by atoms with Gasteiger partial charge in [0.05, 0.1) is 12.6 Å². The molecule has 104 valence electrons. The highest BCUT2D eigenvalue weighted by atomic mass is 16.2. The highest BCUT2D eigenvalue weighted by Crippen LogP contribution is 2.13. The van der Waals surface area contributed by atoms with E-state index in [1.807, 2.05) is 30.3 Å². The molecule has 1 aromatic rings. The monoisotopic (exact) mass is 271 g/mol. The summed E-state index contributed by atoms with van der Waals surface area (Å²) in [6.07, 6.45) is 0.386. The lowest BCUT2D eigenvalue weighted by Gasteiger charge is -2.33. The molecule has 1 aliphatic heterocycles. The standard InChI is InChI=1S/C15H17N3O2/c1-17-7-8-18(11-14(17)19)15(20)13(10-16)9-12-5-3-2-4-6-12/h2-6,13H,7-9,11H2,1H3. The number of carbonyl (C=O) groups excluding carboxylic acids is 2. The number of hydrogen-bond donors (Lipinski definition) is 0. The van der Waals surface area contributed by atoms with Crippen LogP contribution in [0.3, 0.4) is 0 Å². The molecule has 0 saturated carbocycles. The number of likely N-dealkylation sites (N-methyl/N-ethyl adjacent to an activating group) is 1. The molecular formula is C15H17N3O2. The van der Waals surface area contributed by atoms with Crippen LogP contribution in [-0.2, 0) is 16.0 Å². The Labute approximate surface area is 118 Å². The highest BCUT2D eigenvalue weighted by molar-refractivity contribution is 5.88. The Morgan fingerprint density at radius 1 is 1.35 bits per heavy atom. The molecule has 0 aromatic heterocycles. The Bertz CT molecular complexity index is 536. The Kier molecular flexibility index (Phi) is 4.36. The Morgan fingerprint density at radius 2 is 2.05 bits per heavy atom. The maximum Gasteiger partial charge on any atom is 0.241 e. The summed E-state index contributed by atoms with van der Waals surface area (Å²) >= 11 is 0. The number of rotatable bonds is 3. The minimum absolute atomic E-state index is 0.0717. The molecule has 5 nitrogen and oxygen atoms in total. The van der Waals surface area contributed by atoms with Gasteiger partial charge in [0.25, 0.3) is 0 Å². The fourth-order valence-electron chi connectivity index (χ4n) is 2.20. The third-order valence-corrected chi connectivity index (χ3v) is 3.51. The van der Waals surface area contributed by atoms with Crippen molar-refractivity contribution in [1.29, 1.82) is 5.26 Å². The van der Waals surface area contributed by atoms with E-state index in [2.05, 4.69) is 6.07 Å². The first kappa shape index (κ1) is 14.1. The van der Waals surface area contributed by atoms with Gasteiger partial charge in [-0.1, -0.05) is 30.3 Å². The number of piperazine rings is 1. The van der Waals surface area contributed by atoms with Crippen LogP contribution in [-0.4, -0.2) is 48.3 Å². The molecule has 1 saturated heterocycles. The normalized spacial score (nSPS) is 16.7. The molecule has 2 amide bonds. The van der Waals surface area contributed by atoms with Gasteiger partial charge in [-0.05, 0) is 12.0 Å². The molecule has 1 aliphatic rings. The van der Waals surface area contributed by atoms with Gasteiger partial charge in [-0.25, -0.2) is 0 Å². The molecule has 1 atom stereocenters. The average molecular weight is 271 g/mol. The van der Waals surface area contributed by atoms with Crippen LogP contribution < -0.4 is 0 Å². The van der Waals surface area contributed by atoms with E-state index in [1.54, 1.807) is 11.9 Å². The summed E-state index contributed by atoms with van der Waals surface area (Å²) in [5, 5.41) is 9.21. The van der Waals surface area contributed by atoms with Crippen LogP contribution in [0, 0.1) is 17.2 Å². The summed E-state index contributed by atoms with van der Waals surface area (Å²) in [5.41, 5.74) is 0.952. The molecule has 0 aliphatic carbocycles. The minimum atomic E-state index is -0.728. The maximum absolute atomic E-state index is 12.3. The van der Waals surface area contributed by atoms with Gasteiger partial charge in [0.1, 0.15) is 5.92 Å². The van der Waals surface area contributed by atoms with Crippen molar-refractivity contribution in [3.8, 4) is 6.07 Å². The number of amides is 2. The third-order valence-electron chi connectivity index (χ3n) is 3.51. The van der Waals surface area contributed by atoms with Gasteiger partial charge in [-0.15, -0.1) is 0 Å². The van der Waals surface area contributed by atoms with Gasteiger partial charge in [0.2, 0.25) is 11.8 Å². The zero-order chi connectivity index (χ0) is 14.5. The van der Waals surface area contributed by atoms with E-state index in [0.717, 1.165) is 5.56 Å². The van der Waals surface area contributed by atoms with Crippen LogP contribution in [0.25, 0.3) is 0 Å². The van der Waals surface area contributed by atoms with Crippen molar-refractivity contribution in [2.24, 2.45) is 5.92 Å². The van der Waals surface area contributed by atoms with E-state index in [1.165, 1.54) is 4.90 Å². The van der Waals surface area contributed by atoms with Crippen molar-refractivity contribution in [3.05, 3.63) is 35.9 Å². The molecule has 0 radical (unpaired) electrons. The second kappa shape index (κ2) is 6.20. The average Bonchev–Trinajstić information content (AvgIpc) is 2.48. The molecule has 20 heavy (non-hydrogen) atoms. The molecular weight excluding hydrogens is 254 g/mol. The van der Waals surface area contributed by atoms with Crippen molar-refractivity contribution >= 4 is 11.8 Å². The van der Waals surface area contributed by atoms with Gasteiger partial charge < -0.3 is 9.80 Å². The van der Waals surface area contributed by atoms with Gasteiger partial charge >= 0.3 is 0 Å². The summed E-state index contributed by atoms with van der Waals surface area (Å²) in [6.45, 7) is 1.09. The van der Waals surface area contributed by atoms with E-state index in [9.17, 15) is 14.9 Å². The Hall–Kier alpha value is -2.35. The van der Waals surface area contributed by atoms with Crippen LogP contribution in [0.5, 0.6) is 0 Å². The first-order valence-corrected chi connectivity index (χ1v) is 6.58.